The van der Waals surface area contributed by atoms with Crippen LogP contribution in [0.2, 0.25) is 0 Å². The van der Waals surface area contributed by atoms with Crippen molar-refractivity contribution in [2.75, 3.05) is 5.32 Å². The Morgan fingerprint density at radius 1 is 1.04 bits per heavy atom. The van der Waals surface area contributed by atoms with Gasteiger partial charge >= 0.3 is 0 Å². The molecule has 0 heterocycles. The molecule has 0 unspecified atom stereocenters. The second kappa shape index (κ2) is 8.19. The number of benzene rings is 2. The standard InChI is InChI=1S/C22H29NO2/c1-7-20(25-18-12-11-15(4)17(6)13-18)22(24)23-21-16(5)9-8-10-19(21)14(2)3/h8-14,20H,7H2,1-6H3,(H,23,24)/t20-/m1/s1. The molecule has 0 spiro atoms. The summed E-state index contributed by atoms with van der Waals surface area (Å²) < 4.78 is 5.96. The van der Waals surface area contributed by atoms with Crippen LogP contribution >= 0.6 is 0 Å². The maximum Gasteiger partial charge on any atom is 0.265 e. The summed E-state index contributed by atoms with van der Waals surface area (Å²) in [4.78, 5) is 12.8. The van der Waals surface area contributed by atoms with Crippen LogP contribution in [0.4, 0.5) is 5.69 Å². The average molecular weight is 339 g/mol. The summed E-state index contributed by atoms with van der Waals surface area (Å²) in [7, 11) is 0. The molecule has 2 aromatic rings. The van der Waals surface area contributed by atoms with Gasteiger partial charge in [0.15, 0.2) is 6.10 Å². The van der Waals surface area contributed by atoms with E-state index < -0.39 is 6.10 Å². The van der Waals surface area contributed by atoms with Crippen LogP contribution in [0.25, 0.3) is 0 Å². The van der Waals surface area contributed by atoms with Crippen molar-refractivity contribution in [3.8, 4) is 5.75 Å². The van der Waals surface area contributed by atoms with E-state index in [1.54, 1.807) is 0 Å². The molecule has 2 aromatic carbocycles. The Morgan fingerprint density at radius 3 is 2.36 bits per heavy atom. The Balaban J connectivity index is 2.19. The summed E-state index contributed by atoms with van der Waals surface area (Å²) in [5.41, 5.74) is 5.50. The number of nitrogens with one attached hydrogen (secondary N) is 1. The van der Waals surface area contributed by atoms with Gasteiger partial charge in [0, 0.05) is 5.69 Å². The van der Waals surface area contributed by atoms with Crippen LogP contribution in [-0.2, 0) is 4.79 Å². The van der Waals surface area contributed by atoms with Crippen LogP contribution in [0.3, 0.4) is 0 Å². The molecule has 0 aliphatic rings. The van der Waals surface area contributed by atoms with Gasteiger partial charge in [-0.15, -0.1) is 0 Å². The largest absolute Gasteiger partial charge is 0.481 e. The molecule has 2 rings (SSSR count). The molecule has 25 heavy (non-hydrogen) atoms. The molecule has 1 atom stereocenters. The summed E-state index contributed by atoms with van der Waals surface area (Å²) in [6.07, 6.45) is 0.100. The van der Waals surface area contributed by atoms with Crippen molar-refractivity contribution in [1.82, 2.24) is 0 Å². The van der Waals surface area contributed by atoms with E-state index in [2.05, 4.69) is 32.2 Å². The Bertz CT molecular complexity index is 750. The van der Waals surface area contributed by atoms with Crippen LogP contribution < -0.4 is 10.1 Å². The SMILES string of the molecule is CC[C@@H](Oc1ccc(C)c(C)c1)C(=O)Nc1c(C)cccc1C(C)C. The fraction of sp³-hybridized carbons (Fsp3) is 0.409. The zero-order valence-corrected chi connectivity index (χ0v) is 16.1. The minimum absolute atomic E-state index is 0.100. The minimum atomic E-state index is -0.512. The molecule has 0 radical (unpaired) electrons. The maximum absolute atomic E-state index is 12.8. The molecular formula is C22H29NO2. The lowest BCUT2D eigenvalue weighted by Crippen LogP contribution is -2.33. The predicted octanol–water partition coefficient (Wildman–Crippen LogP) is 5.53. The number of rotatable bonds is 6. The Labute approximate surface area is 151 Å². The number of ether oxygens (including phenoxy) is 1. The Morgan fingerprint density at radius 2 is 1.76 bits per heavy atom. The van der Waals surface area contributed by atoms with E-state index in [1.807, 2.05) is 51.1 Å². The van der Waals surface area contributed by atoms with Gasteiger partial charge in [0.25, 0.3) is 5.91 Å². The normalized spacial score (nSPS) is 12.1. The number of carbonyl (C=O) groups is 1. The van der Waals surface area contributed by atoms with Crippen LogP contribution in [0, 0.1) is 20.8 Å². The van der Waals surface area contributed by atoms with E-state index in [1.165, 1.54) is 5.56 Å². The highest BCUT2D eigenvalue weighted by molar-refractivity contribution is 5.95. The van der Waals surface area contributed by atoms with Crippen molar-refractivity contribution in [3.63, 3.8) is 0 Å². The zero-order chi connectivity index (χ0) is 18.6. The van der Waals surface area contributed by atoms with Gasteiger partial charge in [-0.3, -0.25) is 4.79 Å². The lowest BCUT2D eigenvalue weighted by Gasteiger charge is -2.21. The second-order valence-electron chi connectivity index (χ2n) is 6.94. The van der Waals surface area contributed by atoms with Gasteiger partial charge in [-0.05, 0) is 67.5 Å². The highest BCUT2D eigenvalue weighted by Crippen LogP contribution is 2.28. The molecule has 0 fully saturated rings. The first-order valence-corrected chi connectivity index (χ1v) is 8.97. The van der Waals surface area contributed by atoms with Crippen molar-refractivity contribution in [2.24, 2.45) is 0 Å². The van der Waals surface area contributed by atoms with Gasteiger partial charge in [-0.1, -0.05) is 45.0 Å². The Kier molecular flexibility index (Phi) is 6.24. The first kappa shape index (κ1) is 19.0. The van der Waals surface area contributed by atoms with Crippen molar-refractivity contribution in [3.05, 3.63) is 58.7 Å². The van der Waals surface area contributed by atoms with E-state index in [9.17, 15) is 4.79 Å². The molecule has 0 aromatic heterocycles. The maximum atomic E-state index is 12.8. The summed E-state index contributed by atoms with van der Waals surface area (Å²) in [6, 6.07) is 12.0. The van der Waals surface area contributed by atoms with E-state index in [0.717, 1.165) is 28.1 Å². The quantitative estimate of drug-likeness (QED) is 0.751. The molecule has 1 amide bonds. The topological polar surface area (TPSA) is 38.3 Å². The third-order valence-corrected chi connectivity index (χ3v) is 4.60. The van der Waals surface area contributed by atoms with Gasteiger partial charge in [0.1, 0.15) is 5.75 Å². The lowest BCUT2D eigenvalue weighted by atomic mass is 9.98. The number of hydrogen-bond acceptors (Lipinski definition) is 2. The monoisotopic (exact) mass is 339 g/mol. The molecule has 0 saturated heterocycles. The van der Waals surface area contributed by atoms with E-state index in [4.69, 9.17) is 4.74 Å². The van der Waals surface area contributed by atoms with Crippen molar-refractivity contribution < 1.29 is 9.53 Å². The zero-order valence-electron chi connectivity index (χ0n) is 16.1. The first-order valence-electron chi connectivity index (χ1n) is 8.97. The molecule has 0 bridgehead atoms. The van der Waals surface area contributed by atoms with E-state index >= 15 is 0 Å². The van der Waals surface area contributed by atoms with Crippen LogP contribution in [-0.4, -0.2) is 12.0 Å². The fourth-order valence-electron chi connectivity index (χ4n) is 2.82. The van der Waals surface area contributed by atoms with Crippen LogP contribution in [0.15, 0.2) is 36.4 Å². The van der Waals surface area contributed by atoms with Gasteiger partial charge in [0.05, 0.1) is 0 Å². The first-order chi connectivity index (χ1) is 11.8. The molecule has 3 nitrogen and oxygen atoms in total. The van der Waals surface area contributed by atoms with Gasteiger partial charge in [-0.25, -0.2) is 0 Å². The number of amides is 1. The third kappa shape index (κ3) is 4.62. The summed E-state index contributed by atoms with van der Waals surface area (Å²) in [5.74, 6) is 0.979. The summed E-state index contributed by atoms with van der Waals surface area (Å²) >= 11 is 0. The third-order valence-electron chi connectivity index (χ3n) is 4.60. The highest BCUT2D eigenvalue weighted by atomic mass is 16.5. The smallest absolute Gasteiger partial charge is 0.265 e. The predicted molar refractivity (Wildman–Crippen MR) is 105 cm³/mol. The average Bonchev–Trinajstić information content (AvgIpc) is 2.57. The highest BCUT2D eigenvalue weighted by Gasteiger charge is 2.21. The molecular weight excluding hydrogens is 310 g/mol. The molecule has 3 heteroatoms. The number of hydrogen-bond donors (Lipinski definition) is 1. The summed E-state index contributed by atoms with van der Waals surface area (Å²) in [5, 5.41) is 3.09. The van der Waals surface area contributed by atoms with Gasteiger partial charge in [0.2, 0.25) is 0 Å². The van der Waals surface area contributed by atoms with E-state index in [0.29, 0.717) is 12.3 Å². The van der Waals surface area contributed by atoms with Crippen LogP contribution in [0.1, 0.15) is 55.4 Å². The lowest BCUT2D eigenvalue weighted by molar-refractivity contribution is -0.122. The van der Waals surface area contributed by atoms with Crippen molar-refractivity contribution in [2.45, 2.75) is 60.0 Å². The van der Waals surface area contributed by atoms with E-state index in [-0.39, 0.29) is 5.91 Å². The van der Waals surface area contributed by atoms with Crippen LogP contribution in [0.5, 0.6) is 5.75 Å². The molecule has 134 valence electrons. The number of aryl methyl sites for hydroxylation is 3. The number of para-hydroxylation sites is 1. The second-order valence-corrected chi connectivity index (χ2v) is 6.94. The van der Waals surface area contributed by atoms with Gasteiger partial charge < -0.3 is 10.1 Å². The Hall–Kier alpha value is -2.29. The fourth-order valence-corrected chi connectivity index (χ4v) is 2.82. The van der Waals surface area contributed by atoms with Gasteiger partial charge in [-0.2, -0.15) is 0 Å². The molecule has 0 aliphatic carbocycles. The molecule has 0 saturated carbocycles. The van der Waals surface area contributed by atoms with Crippen molar-refractivity contribution in [1.29, 1.82) is 0 Å². The minimum Gasteiger partial charge on any atom is -0.481 e. The van der Waals surface area contributed by atoms with Crippen molar-refractivity contribution >= 4 is 11.6 Å². The number of anilines is 1. The summed E-state index contributed by atoms with van der Waals surface area (Å²) in [6.45, 7) is 12.4. The molecule has 1 N–H and O–H groups in total. The molecule has 0 aliphatic heterocycles. The number of carbonyl (C=O) groups excluding carboxylic acids is 1.